The van der Waals surface area contributed by atoms with Crippen LogP contribution in [0.25, 0.3) is 0 Å². The van der Waals surface area contributed by atoms with Gasteiger partial charge in [0.2, 0.25) is 0 Å². The number of ether oxygens (including phenoxy) is 3. The molecule has 2 rings (SSSR count). The van der Waals surface area contributed by atoms with Crippen molar-refractivity contribution < 1.29 is 14.2 Å². The molecule has 0 saturated carbocycles. The predicted molar refractivity (Wildman–Crippen MR) is 70.1 cm³/mol. The van der Waals surface area contributed by atoms with Gasteiger partial charge in [-0.25, -0.2) is 0 Å². The summed E-state index contributed by atoms with van der Waals surface area (Å²) in [7, 11) is 0. The van der Waals surface area contributed by atoms with Gasteiger partial charge in [-0.1, -0.05) is 6.07 Å². The highest BCUT2D eigenvalue weighted by Crippen LogP contribution is 2.32. The van der Waals surface area contributed by atoms with Gasteiger partial charge in [0, 0.05) is 0 Å². The number of fused-ring (bicyclic) bond motifs is 1. The number of benzene rings is 1. The molecule has 0 radical (unpaired) electrons. The molecule has 1 unspecified atom stereocenters. The van der Waals surface area contributed by atoms with Gasteiger partial charge in [0.05, 0.1) is 18.2 Å². The van der Waals surface area contributed by atoms with Gasteiger partial charge in [-0.2, -0.15) is 0 Å². The summed E-state index contributed by atoms with van der Waals surface area (Å²) in [6.07, 6.45) is 0. The molecular weight excluding hydrogens is 230 g/mol. The summed E-state index contributed by atoms with van der Waals surface area (Å²) in [5.74, 6) is 1.55. The van der Waals surface area contributed by atoms with E-state index in [0.717, 1.165) is 17.1 Å². The van der Waals surface area contributed by atoms with Gasteiger partial charge >= 0.3 is 0 Å². The second kappa shape index (κ2) is 5.16. The minimum absolute atomic E-state index is 0.153. The summed E-state index contributed by atoms with van der Waals surface area (Å²) in [5.41, 5.74) is 6.94. The van der Waals surface area contributed by atoms with Crippen LogP contribution in [-0.4, -0.2) is 25.4 Å². The number of hydrogen-bond donors (Lipinski definition) is 1. The first-order valence-electron chi connectivity index (χ1n) is 6.25. The van der Waals surface area contributed by atoms with Crippen LogP contribution in [-0.2, 0) is 4.74 Å². The maximum Gasteiger partial charge on any atom is 0.161 e. The number of rotatable bonds is 3. The van der Waals surface area contributed by atoms with Crippen molar-refractivity contribution in [3.05, 3.63) is 23.8 Å². The molecule has 0 bridgehead atoms. The molecule has 0 amide bonds. The second-order valence-corrected chi connectivity index (χ2v) is 5.43. The van der Waals surface area contributed by atoms with Crippen LogP contribution in [0.1, 0.15) is 32.4 Å². The van der Waals surface area contributed by atoms with Crippen molar-refractivity contribution in [2.45, 2.75) is 32.4 Å². The lowest BCUT2D eigenvalue weighted by Gasteiger charge is -2.24. The Morgan fingerprint density at radius 2 is 1.89 bits per heavy atom. The van der Waals surface area contributed by atoms with E-state index in [1.807, 2.05) is 39.0 Å². The van der Waals surface area contributed by atoms with Crippen molar-refractivity contribution in [3.8, 4) is 11.5 Å². The predicted octanol–water partition coefficient (Wildman–Crippen LogP) is 2.27. The van der Waals surface area contributed by atoms with Crippen LogP contribution in [0.15, 0.2) is 18.2 Å². The molecule has 0 saturated heterocycles. The summed E-state index contributed by atoms with van der Waals surface area (Å²) >= 11 is 0. The molecule has 0 aromatic heterocycles. The van der Waals surface area contributed by atoms with E-state index in [1.54, 1.807) is 0 Å². The Morgan fingerprint density at radius 3 is 2.56 bits per heavy atom. The Hall–Kier alpha value is -1.26. The molecule has 1 heterocycles. The molecule has 1 atom stereocenters. The van der Waals surface area contributed by atoms with E-state index < -0.39 is 0 Å². The summed E-state index contributed by atoms with van der Waals surface area (Å²) in [6.45, 7) is 7.73. The molecule has 2 N–H and O–H groups in total. The van der Waals surface area contributed by atoms with E-state index in [9.17, 15) is 0 Å². The van der Waals surface area contributed by atoms with Crippen molar-refractivity contribution in [1.82, 2.24) is 0 Å². The average molecular weight is 251 g/mol. The first kappa shape index (κ1) is 13.2. The van der Waals surface area contributed by atoms with Crippen LogP contribution in [0, 0.1) is 0 Å². The quantitative estimate of drug-likeness (QED) is 0.895. The fourth-order valence-corrected chi connectivity index (χ4v) is 1.73. The molecule has 4 heteroatoms. The van der Waals surface area contributed by atoms with Crippen LogP contribution < -0.4 is 15.2 Å². The molecule has 1 aromatic rings. The summed E-state index contributed by atoms with van der Waals surface area (Å²) < 4.78 is 16.7. The van der Waals surface area contributed by atoms with Crippen LogP contribution >= 0.6 is 0 Å². The van der Waals surface area contributed by atoms with Gasteiger partial charge < -0.3 is 19.9 Å². The maximum atomic E-state index is 6.11. The zero-order chi connectivity index (χ0) is 13.2. The first-order valence-corrected chi connectivity index (χ1v) is 6.25. The highest BCUT2D eigenvalue weighted by Gasteiger charge is 2.17. The molecular formula is C14H21NO3. The third-order valence-electron chi connectivity index (χ3n) is 2.69. The Balaban J connectivity index is 2.04. The topological polar surface area (TPSA) is 53.7 Å². The van der Waals surface area contributed by atoms with Crippen LogP contribution in [0.2, 0.25) is 0 Å². The number of hydrogen-bond acceptors (Lipinski definition) is 4. The highest BCUT2D eigenvalue weighted by molar-refractivity contribution is 5.44. The lowest BCUT2D eigenvalue weighted by Crippen LogP contribution is -2.26. The molecule has 1 aliphatic heterocycles. The van der Waals surface area contributed by atoms with E-state index in [2.05, 4.69) is 0 Å². The number of nitrogens with two attached hydrogens (primary N) is 1. The van der Waals surface area contributed by atoms with Gasteiger partial charge in [0.25, 0.3) is 0 Å². The van der Waals surface area contributed by atoms with E-state index in [0.29, 0.717) is 19.8 Å². The lowest BCUT2D eigenvalue weighted by atomic mass is 10.1. The Morgan fingerprint density at radius 1 is 1.22 bits per heavy atom. The van der Waals surface area contributed by atoms with Crippen LogP contribution in [0.4, 0.5) is 0 Å². The Kier molecular flexibility index (Phi) is 3.78. The average Bonchev–Trinajstić information content (AvgIpc) is 2.34. The smallest absolute Gasteiger partial charge is 0.161 e. The van der Waals surface area contributed by atoms with E-state index in [4.69, 9.17) is 19.9 Å². The normalized spacial score (nSPS) is 16.4. The fourth-order valence-electron chi connectivity index (χ4n) is 1.73. The largest absolute Gasteiger partial charge is 0.486 e. The van der Waals surface area contributed by atoms with E-state index >= 15 is 0 Å². The van der Waals surface area contributed by atoms with Gasteiger partial charge in [0.15, 0.2) is 11.5 Å². The SMILES string of the molecule is CC(C)(C)OCC(N)c1ccc2c(c1)OCCO2. The van der Waals surface area contributed by atoms with Crippen molar-refractivity contribution >= 4 is 0 Å². The molecule has 100 valence electrons. The standard InChI is InChI=1S/C14H21NO3/c1-14(2,3)18-9-11(15)10-4-5-12-13(8-10)17-7-6-16-12/h4-5,8,11H,6-7,9,15H2,1-3H3. The molecule has 0 spiro atoms. The van der Waals surface area contributed by atoms with Crippen LogP contribution in [0.3, 0.4) is 0 Å². The van der Waals surface area contributed by atoms with E-state index in [1.165, 1.54) is 0 Å². The van der Waals surface area contributed by atoms with Crippen molar-refractivity contribution in [2.24, 2.45) is 5.73 Å². The monoisotopic (exact) mass is 251 g/mol. The molecule has 0 aliphatic carbocycles. The minimum atomic E-state index is -0.175. The van der Waals surface area contributed by atoms with Crippen molar-refractivity contribution in [1.29, 1.82) is 0 Å². The minimum Gasteiger partial charge on any atom is -0.486 e. The lowest BCUT2D eigenvalue weighted by molar-refractivity contribution is -0.0102. The first-order chi connectivity index (χ1) is 8.46. The van der Waals surface area contributed by atoms with Crippen molar-refractivity contribution in [2.75, 3.05) is 19.8 Å². The fraction of sp³-hybridized carbons (Fsp3) is 0.571. The molecule has 1 aliphatic rings. The van der Waals surface area contributed by atoms with Gasteiger partial charge in [0.1, 0.15) is 13.2 Å². The van der Waals surface area contributed by atoms with Gasteiger partial charge in [-0.15, -0.1) is 0 Å². The maximum absolute atomic E-state index is 6.11. The molecule has 1 aromatic carbocycles. The third kappa shape index (κ3) is 3.37. The molecule has 18 heavy (non-hydrogen) atoms. The van der Waals surface area contributed by atoms with Crippen molar-refractivity contribution in [3.63, 3.8) is 0 Å². The summed E-state index contributed by atoms with van der Waals surface area (Å²) in [5, 5.41) is 0. The Labute approximate surface area is 108 Å². The van der Waals surface area contributed by atoms with Gasteiger partial charge in [-0.3, -0.25) is 0 Å². The third-order valence-corrected chi connectivity index (χ3v) is 2.69. The zero-order valence-electron chi connectivity index (χ0n) is 11.2. The molecule has 0 fully saturated rings. The summed E-state index contributed by atoms with van der Waals surface area (Å²) in [4.78, 5) is 0. The van der Waals surface area contributed by atoms with Gasteiger partial charge in [-0.05, 0) is 38.5 Å². The second-order valence-electron chi connectivity index (χ2n) is 5.43. The van der Waals surface area contributed by atoms with E-state index in [-0.39, 0.29) is 11.6 Å². The Bertz CT molecular complexity index is 412. The van der Waals surface area contributed by atoms with Crippen LogP contribution in [0.5, 0.6) is 11.5 Å². The zero-order valence-corrected chi connectivity index (χ0v) is 11.2. The molecule has 4 nitrogen and oxygen atoms in total. The summed E-state index contributed by atoms with van der Waals surface area (Å²) in [6, 6.07) is 5.65. The highest BCUT2D eigenvalue weighted by atomic mass is 16.6.